The highest BCUT2D eigenvalue weighted by atomic mass is 16.6. The summed E-state index contributed by atoms with van der Waals surface area (Å²) in [6, 6.07) is 0. The molecule has 4 fully saturated rings. The van der Waals surface area contributed by atoms with Gasteiger partial charge in [-0.25, -0.2) is 0 Å². The second kappa shape index (κ2) is 11.3. The van der Waals surface area contributed by atoms with Crippen molar-refractivity contribution in [3.8, 4) is 0 Å². The van der Waals surface area contributed by atoms with E-state index >= 15 is 0 Å². The lowest BCUT2D eigenvalue weighted by molar-refractivity contribution is -0.200. The van der Waals surface area contributed by atoms with Gasteiger partial charge in [-0.2, -0.15) is 0 Å². The molecule has 0 heterocycles. The molecule has 4 aliphatic carbocycles. The lowest BCUT2D eigenvalue weighted by atomic mass is 9.37. The molecule has 38 heavy (non-hydrogen) atoms. The van der Waals surface area contributed by atoms with Crippen LogP contribution in [0.3, 0.4) is 0 Å². The van der Waals surface area contributed by atoms with Crippen molar-refractivity contribution in [3.63, 3.8) is 0 Å². The number of ketones is 2. The molecular weight excluding hydrogens is 480 g/mol. The predicted molar refractivity (Wildman–Crippen MR) is 146 cm³/mol. The van der Waals surface area contributed by atoms with Gasteiger partial charge in [-0.3, -0.25) is 14.4 Å². The van der Waals surface area contributed by atoms with Gasteiger partial charge in [-0.05, 0) is 125 Å². The van der Waals surface area contributed by atoms with Gasteiger partial charge in [0.25, 0.3) is 0 Å². The van der Waals surface area contributed by atoms with Gasteiger partial charge in [0.2, 0.25) is 0 Å². The number of rotatable bonds is 10. The molecule has 4 saturated carbocycles. The van der Waals surface area contributed by atoms with E-state index in [1.807, 2.05) is 6.92 Å². The number of fused-ring (bicyclic) bond motifs is 5. The van der Waals surface area contributed by atoms with Crippen LogP contribution in [0, 0.1) is 51.8 Å². The molecule has 9 atom stereocenters. The number of esters is 1. The van der Waals surface area contributed by atoms with E-state index in [0.717, 1.165) is 32.1 Å². The van der Waals surface area contributed by atoms with E-state index in [0.29, 0.717) is 62.3 Å². The summed E-state index contributed by atoms with van der Waals surface area (Å²) in [6.45, 7) is 13.6. The van der Waals surface area contributed by atoms with Gasteiger partial charge in [0.1, 0.15) is 18.2 Å². The number of aliphatic hydroxyl groups excluding tert-OH is 1. The van der Waals surface area contributed by atoms with E-state index in [9.17, 15) is 19.5 Å². The number of hydrogen-bond acceptors (Lipinski definition) is 6. The minimum atomic E-state index is -1.07. The van der Waals surface area contributed by atoms with E-state index in [4.69, 9.17) is 9.47 Å². The van der Waals surface area contributed by atoms with Crippen LogP contribution >= 0.6 is 0 Å². The SMILES string of the molecule is CCOCCOC(=O)CC[C@@H](C)[C@H]1CC[C@H]2[C@@H]3CCC4C[C@H](O)CC(C(C)=O)(C(C)=O)[C@@]4(C)[C@H]3CC[C@]12C. The molecule has 0 aromatic heterocycles. The Morgan fingerprint density at radius 1 is 0.974 bits per heavy atom. The van der Waals surface area contributed by atoms with Crippen molar-refractivity contribution in [3.05, 3.63) is 0 Å². The quantitative estimate of drug-likeness (QED) is 0.218. The lowest BCUT2D eigenvalue weighted by Gasteiger charge is -2.66. The summed E-state index contributed by atoms with van der Waals surface area (Å²) in [5.41, 5.74) is -1.23. The maximum Gasteiger partial charge on any atom is 0.305 e. The van der Waals surface area contributed by atoms with Gasteiger partial charge in [0.15, 0.2) is 0 Å². The van der Waals surface area contributed by atoms with E-state index < -0.39 is 11.5 Å². The van der Waals surface area contributed by atoms with Gasteiger partial charge in [-0.1, -0.05) is 20.8 Å². The Balaban J connectivity index is 1.50. The summed E-state index contributed by atoms with van der Waals surface area (Å²) in [5.74, 6) is 2.48. The van der Waals surface area contributed by atoms with Crippen LogP contribution in [0.4, 0.5) is 0 Å². The lowest BCUT2D eigenvalue weighted by Crippen LogP contribution is -2.66. The summed E-state index contributed by atoms with van der Waals surface area (Å²) in [7, 11) is 0. The minimum absolute atomic E-state index is 0.0451. The zero-order valence-electron chi connectivity index (χ0n) is 24.7. The van der Waals surface area contributed by atoms with Gasteiger partial charge >= 0.3 is 5.97 Å². The summed E-state index contributed by atoms with van der Waals surface area (Å²) in [4.78, 5) is 38.9. The Kier molecular flexibility index (Phi) is 8.84. The van der Waals surface area contributed by atoms with Crippen LogP contribution < -0.4 is 0 Å². The number of carbonyl (C=O) groups excluding carboxylic acids is 3. The van der Waals surface area contributed by atoms with Crippen molar-refractivity contribution in [1.29, 1.82) is 0 Å². The zero-order valence-corrected chi connectivity index (χ0v) is 24.7. The Morgan fingerprint density at radius 2 is 1.68 bits per heavy atom. The third-order valence-electron chi connectivity index (χ3n) is 12.4. The van der Waals surface area contributed by atoms with Gasteiger partial charge < -0.3 is 14.6 Å². The van der Waals surface area contributed by atoms with Crippen LogP contribution in [-0.4, -0.2) is 48.6 Å². The molecule has 6 nitrogen and oxygen atoms in total. The highest BCUT2D eigenvalue weighted by molar-refractivity contribution is 6.06. The predicted octanol–water partition coefficient (Wildman–Crippen LogP) is 5.78. The Bertz CT molecular complexity index is 884. The van der Waals surface area contributed by atoms with E-state index in [1.165, 1.54) is 12.8 Å². The van der Waals surface area contributed by atoms with Crippen molar-refractivity contribution in [1.82, 2.24) is 0 Å². The van der Waals surface area contributed by atoms with Crippen LogP contribution in [0.2, 0.25) is 0 Å². The average Bonchev–Trinajstić information content (AvgIpc) is 3.22. The second-order valence-corrected chi connectivity index (χ2v) is 13.7. The molecule has 0 aromatic rings. The number of ether oxygens (including phenoxy) is 2. The van der Waals surface area contributed by atoms with Crippen molar-refractivity contribution in [2.45, 2.75) is 112 Å². The van der Waals surface area contributed by atoms with Crippen LogP contribution in [0.15, 0.2) is 0 Å². The van der Waals surface area contributed by atoms with Crippen LogP contribution in [0.25, 0.3) is 0 Å². The standard InChI is InChI=1S/C32H52O6/c1-7-37-16-17-38-29(36)13-8-20(2)26-11-12-27-25-10-9-23-18-24(35)19-32(21(3)33,22(4)34)31(23,6)28(25)14-15-30(26,27)5/h20,23-28,35H,7-19H2,1-6H3/t20-,23?,24+,25+,26-,27+,28+,30-,31-/m1/s1. The molecular formula is C32H52O6. The summed E-state index contributed by atoms with van der Waals surface area (Å²) in [6.07, 6.45) is 8.41. The molecule has 1 unspecified atom stereocenters. The zero-order chi connectivity index (χ0) is 27.9. The molecule has 0 aromatic carbocycles. The largest absolute Gasteiger partial charge is 0.463 e. The van der Waals surface area contributed by atoms with E-state index in [2.05, 4.69) is 20.8 Å². The Hall–Kier alpha value is -1.27. The summed E-state index contributed by atoms with van der Waals surface area (Å²) in [5, 5.41) is 10.8. The first-order chi connectivity index (χ1) is 17.9. The molecule has 4 aliphatic rings. The molecule has 4 rings (SSSR count). The molecule has 0 spiro atoms. The Labute approximate surface area is 230 Å². The van der Waals surface area contributed by atoms with Crippen molar-refractivity contribution in [2.75, 3.05) is 19.8 Å². The highest BCUT2D eigenvalue weighted by Gasteiger charge is 2.69. The van der Waals surface area contributed by atoms with Crippen LogP contribution in [-0.2, 0) is 23.9 Å². The number of hydrogen-bond donors (Lipinski definition) is 1. The molecule has 0 bridgehead atoms. The topological polar surface area (TPSA) is 89.9 Å². The Morgan fingerprint density at radius 3 is 2.34 bits per heavy atom. The molecule has 0 amide bonds. The smallest absolute Gasteiger partial charge is 0.305 e. The van der Waals surface area contributed by atoms with Gasteiger partial charge in [0.05, 0.1) is 18.1 Å². The van der Waals surface area contributed by atoms with E-state index in [1.54, 1.807) is 13.8 Å². The third-order valence-corrected chi connectivity index (χ3v) is 12.4. The first kappa shape index (κ1) is 29.7. The molecule has 6 heteroatoms. The first-order valence-corrected chi connectivity index (χ1v) is 15.4. The maximum absolute atomic E-state index is 13.3. The molecule has 1 N–H and O–H groups in total. The second-order valence-electron chi connectivity index (χ2n) is 13.7. The molecule has 0 saturated heterocycles. The number of carbonyl (C=O) groups is 3. The summed E-state index contributed by atoms with van der Waals surface area (Å²) >= 11 is 0. The molecule has 0 aliphatic heterocycles. The van der Waals surface area contributed by atoms with Gasteiger partial charge in [-0.15, -0.1) is 0 Å². The first-order valence-electron chi connectivity index (χ1n) is 15.4. The van der Waals surface area contributed by atoms with Gasteiger partial charge in [0, 0.05) is 13.0 Å². The number of aliphatic hydroxyl groups is 1. The fourth-order valence-corrected chi connectivity index (χ4v) is 10.7. The molecule has 216 valence electrons. The molecule has 0 radical (unpaired) electrons. The third kappa shape index (κ3) is 4.70. The normalized spacial score (nSPS) is 40.4. The maximum atomic E-state index is 13.3. The fraction of sp³-hybridized carbons (Fsp3) is 0.906. The van der Waals surface area contributed by atoms with Crippen molar-refractivity contribution >= 4 is 17.5 Å². The minimum Gasteiger partial charge on any atom is -0.463 e. The monoisotopic (exact) mass is 532 g/mol. The number of Topliss-reactive ketones (excluding diaryl/α,β-unsaturated/α-hetero) is 2. The van der Waals surface area contributed by atoms with Crippen LogP contribution in [0.5, 0.6) is 0 Å². The van der Waals surface area contributed by atoms with Crippen LogP contribution in [0.1, 0.15) is 106 Å². The summed E-state index contributed by atoms with van der Waals surface area (Å²) < 4.78 is 10.6. The fourth-order valence-electron chi connectivity index (χ4n) is 10.7. The average molecular weight is 533 g/mol. The van der Waals surface area contributed by atoms with Crippen molar-refractivity contribution in [2.24, 2.45) is 51.8 Å². The highest BCUT2D eigenvalue weighted by Crippen LogP contribution is 2.71. The van der Waals surface area contributed by atoms with Crippen molar-refractivity contribution < 1.29 is 29.0 Å². The van der Waals surface area contributed by atoms with E-state index in [-0.39, 0.29) is 40.7 Å².